The zero-order valence-corrected chi connectivity index (χ0v) is 13.3. The second kappa shape index (κ2) is 6.97. The molecule has 0 aliphatic carbocycles. The molecule has 0 aromatic heterocycles. The molecule has 2 aliphatic heterocycles. The molecule has 3 rings (SSSR count). The van der Waals surface area contributed by atoms with E-state index in [1.807, 2.05) is 4.90 Å². The van der Waals surface area contributed by atoms with Gasteiger partial charge in [0.2, 0.25) is 5.91 Å². The van der Waals surface area contributed by atoms with E-state index in [0.717, 1.165) is 18.4 Å². The monoisotopic (exact) mass is 321 g/mol. The number of amides is 1. The molecule has 0 saturated carbocycles. The van der Waals surface area contributed by atoms with Crippen LogP contribution in [0.2, 0.25) is 0 Å². The molecule has 0 atom stereocenters. The SMILES string of the molecule is O=C(N1CCC(CO)CC1)C1(c2ccc(F)cc2)CCOCC1. The fourth-order valence-corrected chi connectivity index (χ4v) is 3.74. The molecule has 2 heterocycles. The number of hydrogen-bond acceptors (Lipinski definition) is 3. The van der Waals surface area contributed by atoms with E-state index in [1.54, 1.807) is 12.1 Å². The van der Waals surface area contributed by atoms with E-state index < -0.39 is 5.41 Å². The first-order valence-electron chi connectivity index (χ1n) is 8.40. The van der Waals surface area contributed by atoms with Gasteiger partial charge in [-0.05, 0) is 49.3 Å². The van der Waals surface area contributed by atoms with E-state index >= 15 is 0 Å². The first kappa shape index (κ1) is 16.4. The number of aliphatic hydroxyl groups excluding tert-OH is 1. The largest absolute Gasteiger partial charge is 0.396 e. The highest BCUT2D eigenvalue weighted by Gasteiger charge is 2.44. The van der Waals surface area contributed by atoms with Crippen molar-refractivity contribution < 1.29 is 19.0 Å². The molecule has 4 nitrogen and oxygen atoms in total. The highest BCUT2D eigenvalue weighted by atomic mass is 19.1. The molecule has 2 fully saturated rings. The molecule has 1 aromatic carbocycles. The first-order chi connectivity index (χ1) is 11.2. The molecule has 126 valence electrons. The summed E-state index contributed by atoms with van der Waals surface area (Å²) in [5.41, 5.74) is 0.286. The number of aliphatic hydroxyl groups is 1. The molecule has 23 heavy (non-hydrogen) atoms. The summed E-state index contributed by atoms with van der Waals surface area (Å²) >= 11 is 0. The Bertz CT molecular complexity index is 532. The molecule has 0 spiro atoms. The zero-order chi connectivity index (χ0) is 16.3. The van der Waals surface area contributed by atoms with E-state index in [1.165, 1.54) is 12.1 Å². The number of halogens is 1. The van der Waals surface area contributed by atoms with Gasteiger partial charge in [0.15, 0.2) is 0 Å². The van der Waals surface area contributed by atoms with Crippen LogP contribution in [0, 0.1) is 11.7 Å². The molecule has 2 saturated heterocycles. The summed E-state index contributed by atoms with van der Waals surface area (Å²) in [6.07, 6.45) is 2.96. The van der Waals surface area contributed by atoms with Crippen molar-refractivity contribution in [3.05, 3.63) is 35.6 Å². The van der Waals surface area contributed by atoms with Crippen LogP contribution < -0.4 is 0 Å². The van der Waals surface area contributed by atoms with Crippen LogP contribution in [0.25, 0.3) is 0 Å². The van der Waals surface area contributed by atoms with Crippen LogP contribution in [0.4, 0.5) is 4.39 Å². The number of carbonyl (C=O) groups excluding carboxylic acids is 1. The Kier molecular flexibility index (Phi) is 4.97. The van der Waals surface area contributed by atoms with E-state index in [4.69, 9.17) is 4.74 Å². The quantitative estimate of drug-likeness (QED) is 0.927. The average Bonchev–Trinajstić information content (AvgIpc) is 2.62. The van der Waals surface area contributed by atoms with Crippen molar-refractivity contribution in [3.63, 3.8) is 0 Å². The highest BCUT2D eigenvalue weighted by Crippen LogP contribution is 2.37. The average molecular weight is 321 g/mol. The van der Waals surface area contributed by atoms with Gasteiger partial charge in [0, 0.05) is 32.9 Å². The summed E-state index contributed by atoms with van der Waals surface area (Å²) in [5, 5.41) is 9.26. The zero-order valence-electron chi connectivity index (χ0n) is 13.3. The Morgan fingerprint density at radius 1 is 1.22 bits per heavy atom. The van der Waals surface area contributed by atoms with Gasteiger partial charge in [-0.1, -0.05) is 12.1 Å². The van der Waals surface area contributed by atoms with Gasteiger partial charge < -0.3 is 14.7 Å². The van der Waals surface area contributed by atoms with Gasteiger partial charge in [0.25, 0.3) is 0 Å². The van der Waals surface area contributed by atoms with Crippen molar-refractivity contribution in [1.82, 2.24) is 4.90 Å². The van der Waals surface area contributed by atoms with Crippen LogP contribution in [0.1, 0.15) is 31.2 Å². The van der Waals surface area contributed by atoms with Crippen LogP contribution in [0.15, 0.2) is 24.3 Å². The highest BCUT2D eigenvalue weighted by molar-refractivity contribution is 5.88. The van der Waals surface area contributed by atoms with Gasteiger partial charge in [0.1, 0.15) is 5.82 Å². The summed E-state index contributed by atoms with van der Waals surface area (Å²) < 4.78 is 18.7. The summed E-state index contributed by atoms with van der Waals surface area (Å²) in [5.74, 6) is 0.145. The second-order valence-electron chi connectivity index (χ2n) is 6.62. The Morgan fingerprint density at radius 2 is 1.83 bits per heavy atom. The minimum atomic E-state index is -0.599. The fourth-order valence-electron chi connectivity index (χ4n) is 3.74. The van der Waals surface area contributed by atoms with Crippen molar-refractivity contribution in [3.8, 4) is 0 Å². The minimum absolute atomic E-state index is 0.129. The van der Waals surface area contributed by atoms with Crippen LogP contribution in [-0.2, 0) is 14.9 Å². The number of likely N-dealkylation sites (tertiary alicyclic amines) is 1. The summed E-state index contributed by atoms with van der Waals surface area (Å²) in [6.45, 7) is 2.67. The number of nitrogens with zero attached hydrogens (tertiary/aromatic N) is 1. The lowest BCUT2D eigenvalue weighted by Crippen LogP contribution is -2.52. The Morgan fingerprint density at radius 3 is 2.39 bits per heavy atom. The van der Waals surface area contributed by atoms with Gasteiger partial charge in [-0.25, -0.2) is 4.39 Å². The molecule has 5 heteroatoms. The molecule has 1 aromatic rings. The van der Waals surface area contributed by atoms with E-state index in [2.05, 4.69) is 0 Å². The molecule has 0 bridgehead atoms. The topological polar surface area (TPSA) is 49.8 Å². The third kappa shape index (κ3) is 3.26. The van der Waals surface area contributed by atoms with Crippen molar-refractivity contribution >= 4 is 5.91 Å². The standard InChI is InChI=1S/C18H24FNO3/c19-16-3-1-15(2-4-16)18(7-11-23-12-8-18)17(22)20-9-5-14(13-21)6-10-20/h1-4,14,21H,5-13H2. The lowest BCUT2D eigenvalue weighted by molar-refractivity contribution is -0.143. The van der Waals surface area contributed by atoms with Crippen LogP contribution >= 0.6 is 0 Å². The summed E-state index contributed by atoms with van der Waals surface area (Å²) in [4.78, 5) is 15.2. The second-order valence-corrected chi connectivity index (χ2v) is 6.62. The van der Waals surface area contributed by atoms with Gasteiger partial charge >= 0.3 is 0 Å². The maximum absolute atomic E-state index is 13.3. The maximum atomic E-state index is 13.3. The molecule has 1 N–H and O–H groups in total. The Balaban J connectivity index is 1.84. The van der Waals surface area contributed by atoms with E-state index in [9.17, 15) is 14.3 Å². The van der Waals surface area contributed by atoms with Crippen molar-refractivity contribution in [2.45, 2.75) is 31.1 Å². The summed E-state index contributed by atoms with van der Waals surface area (Å²) in [7, 11) is 0. The Labute approximate surface area is 136 Å². The smallest absolute Gasteiger partial charge is 0.233 e. The van der Waals surface area contributed by atoms with Crippen LogP contribution in [0.5, 0.6) is 0 Å². The number of benzene rings is 1. The Hall–Kier alpha value is -1.46. The summed E-state index contributed by atoms with van der Waals surface area (Å²) in [6, 6.07) is 6.33. The van der Waals surface area contributed by atoms with Gasteiger partial charge in [0.05, 0.1) is 5.41 Å². The molecular formula is C18H24FNO3. The molecule has 0 radical (unpaired) electrons. The molecule has 1 amide bonds. The predicted octanol–water partition coefficient (Wildman–Crippen LogP) is 2.10. The lowest BCUT2D eigenvalue weighted by atomic mass is 9.72. The maximum Gasteiger partial charge on any atom is 0.233 e. The van der Waals surface area contributed by atoms with Crippen molar-refractivity contribution in [1.29, 1.82) is 0 Å². The number of hydrogen-bond donors (Lipinski definition) is 1. The van der Waals surface area contributed by atoms with Crippen molar-refractivity contribution in [2.24, 2.45) is 5.92 Å². The number of rotatable bonds is 3. The van der Waals surface area contributed by atoms with Crippen LogP contribution in [-0.4, -0.2) is 48.8 Å². The van der Waals surface area contributed by atoms with Gasteiger partial charge in [-0.3, -0.25) is 4.79 Å². The number of piperidine rings is 1. The van der Waals surface area contributed by atoms with Crippen LogP contribution in [0.3, 0.4) is 0 Å². The minimum Gasteiger partial charge on any atom is -0.396 e. The van der Waals surface area contributed by atoms with Gasteiger partial charge in [-0.2, -0.15) is 0 Å². The lowest BCUT2D eigenvalue weighted by Gasteiger charge is -2.42. The van der Waals surface area contributed by atoms with E-state index in [-0.39, 0.29) is 18.3 Å². The predicted molar refractivity (Wildman–Crippen MR) is 84.5 cm³/mol. The third-order valence-corrected chi connectivity index (χ3v) is 5.31. The van der Waals surface area contributed by atoms with E-state index in [0.29, 0.717) is 45.1 Å². The fraction of sp³-hybridized carbons (Fsp3) is 0.611. The molecule has 2 aliphatic rings. The normalized spacial score (nSPS) is 22.1. The number of carbonyl (C=O) groups is 1. The third-order valence-electron chi connectivity index (χ3n) is 5.31. The van der Waals surface area contributed by atoms with Gasteiger partial charge in [-0.15, -0.1) is 0 Å². The molecule has 0 unspecified atom stereocenters. The van der Waals surface area contributed by atoms with Crippen molar-refractivity contribution in [2.75, 3.05) is 32.9 Å². The number of ether oxygens (including phenoxy) is 1. The first-order valence-corrected chi connectivity index (χ1v) is 8.40. The molecular weight excluding hydrogens is 297 g/mol.